The van der Waals surface area contributed by atoms with Gasteiger partial charge >= 0.3 is 0 Å². The van der Waals surface area contributed by atoms with Crippen molar-refractivity contribution in [3.8, 4) is 0 Å². The molecule has 1 aromatic heterocycles. The lowest BCUT2D eigenvalue weighted by Crippen LogP contribution is -2.43. The van der Waals surface area contributed by atoms with Crippen molar-refractivity contribution in [2.45, 2.75) is 25.7 Å². The zero-order valence-electron chi connectivity index (χ0n) is 10.8. The second-order valence-electron chi connectivity index (χ2n) is 3.77. The molecule has 1 amide bonds. The number of nitrogens with two attached hydrogens (primary N) is 1. The number of methoxy groups -OCH3 is 2. The Morgan fingerprint density at radius 2 is 2.22 bits per heavy atom. The highest BCUT2D eigenvalue weighted by Gasteiger charge is 2.20. The number of hydrogen-bond donors (Lipinski definition) is 2. The predicted molar refractivity (Wildman–Crippen MR) is 69.6 cm³/mol. The molecule has 1 atom stereocenters. The Hall–Kier alpha value is -1.02. The largest absolute Gasteiger partial charge is 0.354 e. The molecule has 0 bridgehead atoms. The van der Waals surface area contributed by atoms with Crippen LogP contribution in [0.3, 0.4) is 0 Å². The van der Waals surface area contributed by atoms with E-state index in [9.17, 15) is 4.79 Å². The summed E-state index contributed by atoms with van der Waals surface area (Å²) in [7, 11) is 3.05. The Bertz CT molecular complexity index is 379. The molecule has 1 aromatic rings. The molecule has 1 heterocycles. The van der Waals surface area contributed by atoms with Crippen LogP contribution in [0.2, 0.25) is 0 Å². The number of aromatic nitrogens is 1. The first kappa shape index (κ1) is 15.0. The quantitative estimate of drug-likeness (QED) is 0.701. The second-order valence-corrected chi connectivity index (χ2v) is 4.71. The molecule has 18 heavy (non-hydrogen) atoms. The Labute approximate surface area is 110 Å². The van der Waals surface area contributed by atoms with E-state index in [1.807, 2.05) is 6.92 Å². The first-order valence-corrected chi connectivity index (χ1v) is 6.51. The smallest absolute Gasteiger partial charge is 0.271 e. The van der Waals surface area contributed by atoms with Crippen LogP contribution < -0.4 is 11.1 Å². The highest BCUT2D eigenvalue weighted by Crippen LogP contribution is 2.10. The minimum absolute atomic E-state index is 0.235. The number of carbonyl (C=O) groups excluding carboxylic acids is 1. The number of carbonyl (C=O) groups is 1. The van der Waals surface area contributed by atoms with E-state index in [0.29, 0.717) is 18.7 Å². The molecule has 0 spiro atoms. The summed E-state index contributed by atoms with van der Waals surface area (Å²) in [6.45, 7) is 2.34. The number of rotatable bonds is 7. The first-order valence-electron chi connectivity index (χ1n) is 5.63. The molecule has 0 aliphatic carbocycles. The molecule has 6 nitrogen and oxygen atoms in total. The zero-order valence-corrected chi connectivity index (χ0v) is 11.6. The maximum Gasteiger partial charge on any atom is 0.271 e. The number of nitrogens with zero attached hydrogens (tertiary/aromatic N) is 1. The number of nitrogens with one attached hydrogen (secondary N) is 1. The van der Waals surface area contributed by atoms with Crippen molar-refractivity contribution in [1.82, 2.24) is 10.3 Å². The number of amides is 1. The van der Waals surface area contributed by atoms with Gasteiger partial charge in [-0.05, 0) is 13.5 Å². The first-order chi connectivity index (χ1) is 8.62. The van der Waals surface area contributed by atoms with Gasteiger partial charge in [-0.1, -0.05) is 0 Å². The van der Waals surface area contributed by atoms with Crippen LogP contribution in [0.5, 0.6) is 0 Å². The van der Waals surface area contributed by atoms with Crippen molar-refractivity contribution in [3.05, 3.63) is 16.1 Å². The molecule has 0 radical (unpaired) electrons. The molecular formula is C11H19N3O3S. The SMILES string of the molecule is COC(OC)C(C)NC(=O)c1csc(CCN)n1. The van der Waals surface area contributed by atoms with Gasteiger partial charge in [0.2, 0.25) is 0 Å². The van der Waals surface area contributed by atoms with Gasteiger partial charge in [0.25, 0.3) is 5.91 Å². The molecule has 1 rings (SSSR count). The summed E-state index contributed by atoms with van der Waals surface area (Å²) in [5.41, 5.74) is 5.84. The van der Waals surface area contributed by atoms with Gasteiger partial charge in [0.15, 0.2) is 6.29 Å². The molecule has 0 fully saturated rings. The van der Waals surface area contributed by atoms with Crippen molar-refractivity contribution in [3.63, 3.8) is 0 Å². The van der Waals surface area contributed by atoms with E-state index in [4.69, 9.17) is 15.2 Å². The zero-order chi connectivity index (χ0) is 13.5. The highest BCUT2D eigenvalue weighted by molar-refractivity contribution is 7.09. The number of hydrogen-bond acceptors (Lipinski definition) is 6. The lowest BCUT2D eigenvalue weighted by atomic mass is 10.3. The summed E-state index contributed by atoms with van der Waals surface area (Å²) in [6.07, 6.45) is 0.211. The Morgan fingerprint density at radius 3 is 2.78 bits per heavy atom. The van der Waals surface area contributed by atoms with E-state index < -0.39 is 6.29 Å². The summed E-state index contributed by atoms with van der Waals surface area (Å²) in [5, 5.41) is 5.37. The van der Waals surface area contributed by atoms with Crippen LogP contribution in [0, 0.1) is 0 Å². The third-order valence-corrected chi connectivity index (χ3v) is 3.28. The Balaban J connectivity index is 2.58. The monoisotopic (exact) mass is 273 g/mol. The lowest BCUT2D eigenvalue weighted by Gasteiger charge is -2.21. The molecule has 7 heteroatoms. The van der Waals surface area contributed by atoms with E-state index >= 15 is 0 Å². The average molecular weight is 273 g/mol. The summed E-state index contributed by atoms with van der Waals surface area (Å²) in [5.74, 6) is -0.235. The summed E-state index contributed by atoms with van der Waals surface area (Å²) >= 11 is 1.44. The van der Waals surface area contributed by atoms with Gasteiger partial charge < -0.3 is 20.5 Å². The van der Waals surface area contributed by atoms with Crippen molar-refractivity contribution < 1.29 is 14.3 Å². The second kappa shape index (κ2) is 7.42. The van der Waals surface area contributed by atoms with E-state index in [1.54, 1.807) is 5.38 Å². The molecule has 1 unspecified atom stereocenters. The average Bonchev–Trinajstić information content (AvgIpc) is 2.79. The Morgan fingerprint density at radius 1 is 1.56 bits per heavy atom. The maximum atomic E-state index is 11.9. The van der Waals surface area contributed by atoms with Crippen molar-refractivity contribution >= 4 is 17.2 Å². The van der Waals surface area contributed by atoms with Crippen molar-refractivity contribution in [1.29, 1.82) is 0 Å². The topological polar surface area (TPSA) is 86.5 Å². The minimum atomic E-state index is -0.476. The summed E-state index contributed by atoms with van der Waals surface area (Å²) in [4.78, 5) is 16.1. The van der Waals surface area contributed by atoms with E-state index in [2.05, 4.69) is 10.3 Å². The molecule has 0 saturated heterocycles. The van der Waals surface area contributed by atoms with Crippen LogP contribution in [0.1, 0.15) is 22.4 Å². The van der Waals surface area contributed by atoms with Gasteiger partial charge in [0, 0.05) is 26.0 Å². The third-order valence-electron chi connectivity index (χ3n) is 2.37. The van der Waals surface area contributed by atoms with Gasteiger partial charge in [0.05, 0.1) is 11.0 Å². The standard InChI is InChI=1S/C11H19N3O3S/c1-7(11(16-2)17-3)13-10(15)8-6-18-9(14-8)4-5-12/h6-7,11H,4-5,12H2,1-3H3,(H,13,15). The summed E-state index contributed by atoms with van der Waals surface area (Å²) in [6, 6.07) is -0.257. The van der Waals surface area contributed by atoms with Crippen LogP contribution in [-0.2, 0) is 15.9 Å². The predicted octanol–water partition coefficient (Wildman–Crippen LogP) is 0.382. The van der Waals surface area contributed by atoms with Gasteiger partial charge in [-0.15, -0.1) is 11.3 Å². The molecule has 0 aliphatic rings. The van der Waals surface area contributed by atoms with Gasteiger partial charge in [-0.2, -0.15) is 0 Å². The third kappa shape index (κ3) is 4.02. The fraction of sp³-hybridized carbons (Fsp3) is 0.636. The number of thiazole rings is 1. The summed E-state index contributed by atoms with van der Waals surface area (Å²) < 4.78 is 10.1. The minimum Gasteiger partial charge on any atom is -0.354 e. The number of ether oxygens (including phenoxy) is 2. The van der Waals surface area contributed by atoms with Crippen LogP contribution in [-0.4, -0.2) is 44.0 Å². The van der Waals surface area contributed by atoms with Gasteiger partial charge in [-0.25, -0.2) is 4.98 Å². The van der Waals surface area contributed by atoms with Gasteiger partial charge in [0.1, 0.15) is 5.69 Å². The Kier molecular flexibility index (Phi) is 6.20. The molecule has 102 valence electrons. The van der Waals surface area contributed by atoms with Crippen LogP contribution in [0.25, 0.3) is 0 Å². The fourth-order valence-corrected chi connectivity index (χ4v) is 2.30. The van der Waals surface area contributed by atoms with Gasteiger partial charge in [-0.3, -0.25) is 4.79 Å². The molecule has 0 aromatic carbocycles. The molecular weight excluding hydrogens is 254 g/mol. The highest BCUT2D eigenvalue weighted by atomic mass is 32.1. The fourth-order valence-electron chi connectivity index (χ4n) is 1.51. The van der Waals surface area contributed by atoms with Crippen LogP contribution >= 0.6 is 11.3 Å². The van der Waals surface area contributed by atoms with E-state index in [-0.39, 0.29) is 11.9 Å². The van der Waals surface area contributed by atoms with E-state index in [0.717, 1.165) is 5.01 Å². The van der Waals surface area contributed by atoms with Crippen molar-refractivity contribution in [2.75, 3.05) is 20.8 Å². The molecule has 0 saturated carbocycles. The van der Waals surface area contributed by atoms with E-state index in [1.165, 1.54) is 25.6 Å². The lowest BCUT2D eigenvalue weighted by molar-refractivity contribution is -0.117. The van der Waals surface area contributed by atoms with Crippen LogP contribution in [0.4, 0.5) is 0 Å². The normalized spacial score (nSPS) is 12.7. The van der Waals surface area contributed by atoms with Crippen molar-refractivity contribution in [2.24, 2.45) is 5.73 Å². The van der Waals surface area contributed by atoms with Crippen LogP contribution in [0.15, 0.2) is 5.38 Å². The maximum absolute atomic E-state index is 11.9. The molecule has 0 aliphatic heterocycles. The molecule has 3 N–H and O–H groups in total.